The highest BCUT2D eigenvalue weighted by Gasteiger charge is 2.10. The molecule has 13 heavy (non-hydrogen) atoms. The smallest absolute Gasteiger partial charge is 0.134 e. The molecule has 68 valence electrons. The SMILES string of the molecule is Cc1nnc2c(C)nn(C)c2c1C. The van der Waals surface area contributed by atoms with Crippen LogP contribution < -0.4 is 0 Å². The predicted octanol–water partition coefficient (Wildman–Crippen LogP) is 1.29. The molecule has 0 radical (unpaired) electrons. The Bertz CT molecular complexity index is 470. The van der Waals surface area contributed by atoms with Crippen LogP contribution in [0.25, 0.3) is 11.0 Å². The van der Waals surface area contributed by atoms with E-state index >= 15 is 0 Å². The van der Waals surface area contributed by atoms with Gasteiger partial charge < -0.3 is 0 Å². The minimum absolute atomic E-state index is 0.908. The number of hydrogen-bond acceptors (Lipinski definition) is 3. The van der Waals surface area contributed by atoms with Gasteiger partial charge in [-0.05, 0) is 26.3 Å². The summed E-state index contributed by atoms with van der Waals surface area (Å²) in [6, 6.07) is 0. The van der Waals surface area contributed by atoms with Gasteiger partial charge in [-0.2, -0.15) is 10.2 Å². The van der Waals surface area contributed by atoms with Crippen molar-refractivity contribution in [2.45, 2.75) is 20.8 Å². The van der Waals surface area contributed by atoms with Gasteiger partial charge in [0.25, 0.3) is 0 Å². The van der Waals surface area contributed by atoms with Crippen LogP contribution in [0.4, 0.5) is 0 Å². The van der Waals surface area contributed by atoms with E-state index in [4.69, 9.17) is 0 Å². The molecule has 0 saturated heterocycles. The molecule has 0 bridgehead atoms. The Morgan fingerprint density at radius 2 is 1.69 bits per heavy atom. The second-order valence-electron chi connectivity index (χ2n) is 3.32. The molecule has 0 amide bonds. The first-order valence-corrected chi connectivity index (χ1v) is 4.24. The number of fused-ring (bicyclic) bond motifs is 1. The first-order valence-electron chi connectivity index (χ1n) is 4.24. The Kier molecular flexibility index (Phi) is 1.58. The van der Waals surface area contributed by atoms with Gasteiger partial charge in [0.2, 0.25) is 0 Å². The lowest BCUT2D eigenvalue weighted by molar-refractivity contribution is 0.780. The summed E-state index contributed by atoms with van der Waals surface area (Å²) in [5.41, 5.74) is 5.06. The van der Waals surface area contributed by atoms with Crippen LogP contribution in [0.2, 0.25) is 0 Å². The maximum absolute atomic E-state index is 4.31. The number of hydrogen-bond donors (Lipinski definition) is 0. The quantitative estimate of drug-likeness (QED) is 0.607. The molecule has 2 aromatic heterocycles. The second kappa shape index (κ2) is 2.52. The van der Waals surface area contributed by atoms with E-state index in [1.54, 1.807) is 0 Å². The van der Waals surface area contributed by atoms with Gasteiger partial charge in [-0.15, -0.1) is 5.10 Å². The number of aromatic nitrogens is 4. The fourth-order valence-electron chi connectivity index (χ4n) is 1.56. The topological polar surface area (TPSA) is 43.6 Å². The van der Waals surface area contributed by atoms with Gasteiger partial charge in [0.1, 0.15) is 5.52 Å². The van der Waals surface area contributed by atoms with Crippen molar-refractivity contribution in [2.75, 3.05) is 0 Å². The van der Waals surface area contributed by atoms with E-state index in [2.05, 4.69) is 15.3 Å². The van der Waals surface area contributed by atoms with Gasteiger partial charge in [-0.25, -0.2) is 0 Å². The molecule has 4 heteroatoms. The first kappa shape index (κ1) is 8.16. The van der Waals surface area contributed by atoms with E-state index in [0.717, 1.165) is 28.0 Å². The standard InChI is InChI=1S/C9H12N4/c1-5-6(2)10-11-8-7(3)12-13(4)9(5)8/h1-4H3. The monoisotopic (exact) mass is 176 g/mol. The summed E-state index contributed by atoms with van der Waals surface area (Å²) in [5, 5.41) is 12.5. The van der Waals surface area contributed by atoms with Crippen molar-refractivity contribution < 1.29 is 0 Å². The van der Waals surface area contributed by atoms with Crippen molar-refractivity contribution in [3.8, 4) is 0 Å². The van der Waals surface area contributed by atoms with Crippen molar-refractivity contribution in [1.82, 2.24) is 20.0 Å². The third-order valence-corrected chi connectivity index (χ3v) is 2.39. The molecule has 0 N–H and O–H groups in total. The molecule has 2 aromatic rings. The van der Waals surface area contributed by atoms with E-state index in [0.29, 0.717) is 0 Å². The molecular formula is C9H12N4. The van der Waals surface area contributed by atoms with Crippen LogP contribution >= 0.6 is 0 Å². The van der Waals surface area contributed by atoms with E-state index in [1.807, 2.05) is 32.5 Å². The van der Waals surface area contributed by atoms with Gasteiger partial charge in [0.05, 0.1) is 16.9 Å². The molecule has 0 unspecified atom stereocenters. The summed E-state index contributed by atoms with van der Waals surface area (Å²) in [4.78, 5) is 0. The van der Waals surface area contributed by atoms with Gasteiger partial charge >= 0.3 is 0 Å². The Labute approximate surface area is 76.6 Å². The minimum atomic E-state index is 0.908. The highest BCUT2D eigenvalue weighted by Crippen LogP contribution is 2.18. The molecule has 0 saturated carbocycles. The molecule has 0 spiro atoms. The highest BCUT2D eigenvalue weighted by molar-refractivity contribution is 5.80. The lowest BCUT2D eigenvalue weighted by Crippen LogP contribution is -1.96. The number of aryl methyl sites for hydroxylation is 4. The van der Waals surface area contributed by atoms with Crippen molar-refractivity contribution in [3.63, 3.8) is 0 Å². The molecule has 0 aliphatic heterocycles. The first-order chi connectivity index (χ1) is 6.11. The lowest BCUT2D eigenvalue weighted by atomic mass is 10.2. The van der Waals surface area contributed by atoms with Crippen molar-refractivity contribution in [1.29, 1.82) is 0 Å². The van der Waals surface area contributed by atoms with E-state index < -0.39 is 0 Å². The molecule has 0 fully saturated rings. The zero-order chi connectivity index (χ0) is 9.59. The van der Waals surface area contributed by atoms with Gasteiger partial charge in [-0.3, -0.25) is 4.68 Å². The Morgan fingerprint density at radius 1 is 1.00 bits per heavy atom. The molecule has 0 aliphatic carbocycles. The Hall–Kier alpha value is -1.45. The average Bonchev–Trinajstić information content (AvgIpc) is 2.35. The Balaban J connectivity index is 2.98. The normalized spacial score (nSPS) is 11.1. The largest absolute Gasteiger partial charge is 0.266 e. The van der Waals surface area contributed by atoms with Crippen LogP contribution in [0, 0.1) is 20.8 Å². The molecule has 4 nitrogen and oxygen atoms in total. The summed E-state index contributed by atoms with van der Waals surface area (Å²) in [6.45, 7) is 5.96. The van der Waals surface area contributed by atoms with E-state index in [-0.39, 0.29) is 0 Å². The number of rotatable bonds is 0. The summed E-state index contributed by atoms with van der Waals surface area (Å²) in [7, 11) is 1.93. The zero-order valence-electron chi connectivity index (χ0n) is 8.29. The van der Waals surface area contributed by atoms with Crippen molar-refractivity contribution in [3.05, 3.63) is 17.0 Å². The maximum Gasteiger partial charge on any atom is 0.134 e. The van der Waals surface area contributed by atoms with Gasteiger partial charge in [0.15, 0.2) is 0 Å². The fraction of sp³-hybridized carbons (Fsp3) is 0.444. The van der Waals surface area contributed by atoms with E-state index in [1.165, 1.54) is 0 Å². The molecule has 0 atom stereocenters. The summed E-state index contributed by atoms with van der Waals surface area (Å²) in [5.74, 6) is 0. The fourth-order valence-corrected chi connectivity index (χ4v) is 1.56. The molecule has 0 aromatic carbocycles. The van der Waals surface area contributed by atoms with Gasteiger partial charge in [0, 0.05) is 7.05 Å². The third-order valence-electron chi connectivity index (χ3n) is 2.39. The summed E-state index contributed by atoms with van der Waals surface area (Å²) >= 11 is 0. The zero-order valence-corrected chi connectivity index (χ0v) is 8.29. The van der Waals surface area contributed by atoms with Gasteiger partial charge in [-0.1, -0.05) is 0 Å². The van der Waals surface area contributed by atoms with Crippen LogP contribution in [0.15, 0.2) is 0 Å². The molecule has 0 aliphatic rings. The maximum atomic E-state index is 4.31. The van der Waals surface area contributed by atoms with Crippen LogP contribution in [-0.4, -0.2) is 20.0 Å². The predicted molar refractivity (Wildman–Crippen MR) is 50.5 cm³/mol. The molecule has 2 rings (SSSR count). The van der Waals surface area contributed by atoms with Crippen LogP contribution in [-0.2, 0) is 7.05 Å². The van der Waals surface area contributed by atoms with E-state index in [9.17, 15) is 0 Å². The molecule has 2 heterocycles. The summed E-state index contributed by atoms with van der Waals surface area (Å²) < 4.78 is 1.86. The summed E-state index contributed by atoms with van der Waals surface area (Å²) in [6.07, 6.45) is 0. The van der Waals surface area contributed by atoms with Crippen molar-refractivity contribution in [2.24, 2.45) is 7.05 Å². The molecular weight excluding hydrogens is 164 g/mol. The minimum Gasteiger partial charge on any atom is -0.266 e. The van der Waals surface area contributed by atoms with Crippen LogP contribution in [0.3, 0.4) is 0 Å². The third kappa shape index (κ3) is 1.02. The number of nitrogens with zero attached hydrogens (tertiary/aromatic N) is 4. The highest BCUT2D eigenvalue weighted by atomic mass is 15.3. The lowest BCUT2D eigenvalue weighted by Gasteiger charge is -2.00. The second-order valence-corrected chi connectivity index (χ2v) is 3.32. The van der Waals surface area contributed by atoms with Crippen molar-refractivity contribution >= 4 is 11.0 Å². The van der Waals surface area contributed by atoms with Crippen LogP contribution in [0.5, 0.6) is 0 Å². The Morgan fingerprint density at radius 3 is 2.38 bits per heavy atom. The van der Waals surface area contributed by atoms with Crippen LogP contribution in [0.1, 0.15) is 17.0 Å². The average molecular weight is 176 g/mol.